The lowest BCUT2D eigenvalue weighted by atomic mass is 9.89. The largest absolute Gasteiger partial charge is 0.331 e. The molecule has 0 bridgehead atoms. The smallest absolute Gasteiger partial charge is 0.254 e. The number of benzene rings is 1. The highest BCUT2D eigenvalue weighted by molar-refractivity contribution is 6.00. The molecule has 0 aliphatic carbocycles. The molecular formula is C13H16N2O. The van der Waals surface area contributed by atoms with Crippen LogP contribution in [0.2, 0.25) is 0 Å². The first-order valence-corrected chi connectivity index (χ1v) is 5.71. The minimum Gasteiger partial charge on any atom is -0.331 e. The summed E-state index contributed by atoms with van der Waals surface area (Å²) in [5, 5.41) is 0. The van der Waals surface area contributed by atoms with Gasteiger partial charge < -0.3 is 9.80 Å². The predicted molar refractivity (Wildman–Crippen MR) is 62.3 cm³/mol. The predicted octanol–water partition coefficient (Wildman–Crippen LogP) is 1.30. The zero-order chi connectivity index (χ0) is 11.3. The van der Waals surface area contributed by atoms with Gasteiger partial charge in [-0.3, -0.25) is 4.79 Å². The third kappa shape index (κ3) is 1.04. The van der Waals surface area contributed by atoms with Crippen molar-refractivity contribution >= 4 is 5.91 Å². The van der Waals surface area contributed by atoms with E-state index in [0.29, 0.717) is 0 Å². The van der Waals surface area contributed by atoms with Crippen molar-refractivity contribution in [3.8, 4) is 0 Å². The van der Waals surface area contributed by atoms with Gasteiger partial charge in [-0.15, -0.1) is 0 Å². The van der Waals surface area contributed by atoms with E-state index in [0.717, 1.165) is 25.1 Å². The fourth-order valence-corrected chi connectivity index (χ4v) is 3.11. The molecule has 0 radical (unpaired) electrons. The highest BCUT2D eigenvalue weighted by atomic mass is 16.2. The number of carbonyl (C=O) groups is 1. The van der Waals surface area contributed by atoms with E-state index in [1.807, 2.05) is 30.1 Å². The van der Waals surface area contributed by atoms with E-state index in [4.69, 9.17) is 0 Å². The van der Waals surface area contributed by atoms with Crippen molar-refractivity contribution < 1.29 is 4.79 Å². The second kappa shape index (κ2) is 3.08. The van der Waals surface area contributed by atoms with E-state index in [1.54, 1.807) is 0 Å². The Hall–Kier alpha value is -1.35. The molecule has 3 heteroatoms. The molecule has 1 aromatic carbocycles. The summed E-state index contributed by atoms with van der Waals surface area (Å²) >= 11 is 0. The van der Waals surface area contributed by atoms with Gasteiger partial charge in [-0.25, -0.2) is 0 Å². The van der Waals surface area contributed by atoms with E-state index < -0.39 is 0 Å². The average molecular weight is 216 g/mol. The van der Waals surface area contributed by atoms with Crippen molar-refractivity contribution in [2.75, 3.05) is 27.2 Å². The number of likely N-dealkylation sites (tertiary alicyclic amines) is 1. The van der Waals surface area contributed by atoms with Crippen molar-refractivity contribution in [1.82, 2.24) is 9.80 Å². The number of likely N-dealkylation sites (N-methyl/N-ethyl adjacent to an activating group) is 2. The molecule has 0 aromatic heterocycles. The van der Waals surface area contributed by atoms with Gasteiger partial charge in [0.2, 0.25) is 0 Å². The van der Waals surface area contributed by atoms with E-state index >= 15 is 0 Å². The van der Waals surface area contributed by atoms with Gasteiger partial charge in [-0.1, -0.05) is 18.2 Å². The van der Waals surface area contributed by atoms with Crippen LogP contribution >= 0.6 is 0 Å². The Balaban J connectivity index is 2.17. The Morgan fingerprint density at radius 2 is 2.00 bits per heavy atom. The first-order valence-electron chi connectivity index (χ1n) is 5.71. The van der Waals surface area contributed by atoms with Crippen LogP contribution in [0.15, 0.2) is 24.3 Å². The summed E-state index contributed by atoms with van der Waals surface area (Å²) in [7, 11) is 4.05. The molecular weight excluding hydrogens is 200 g/mol. The molecule has 1 unspecified atom stereocenters. The molecule has 2 aliphatic rings. The van der Waals surface area contributed by atoms with Gasteiger partial charge in [0.15, 0.2) is 0 Å². The van der Waals surface area contributed by atoms with Gasteiger partial charge in [0, 0.05) is 25.7 Å². The number of carbonyl (C=O) groups excluding carboxylic acids is 1. The lowest BCUT2D eigenvalue weighted by Gasteiger charge is -2.32. The Kier molecular flexibility index (Phi) is 1.89. The summed E-state index contributed by atoms with van der Waals surface area (Å²) in [6.45, 7) is 2.01. The maximum atomic E-state index is 12.2. The number of nitrogens with zero attached hydrogens (tertiary/aromatic N) is 2. The van der Waals surface area contributed by atoms with Crippen LogP contribution in [0.5, 0.6) is 0 Å². The highest BCUT2D eigenvalue weighted by Crippen LogP contribution is 2.43. The van der Waals surface area contributed by atoms with Crippen LogP contribution in [0.3, 0.4) is 0 Å². The summed E-state index contributed by atoms with van der Waals surface area (Å²) in [6.07, 6.45) is 1.04. The fraction of sp³-hybridized carbons (Fsp3) is 0.462. The van der Waals surface area contributed by atoms with Crippen LogP contribution in [0.25, 0.3) is 0 Å². The minimum absolute atomic E-state index is 0.0670. The molecule has 2 aliphatic heterocycles. The van der Waals surface area contributed by atoms with Gasteiger partial charge in [-0.05, 0) is 25.1 Å². The molecule has 16 heavy (non-hydrogen) atoms. The molecule has 0 saturated carbocycles. The number of amides is 1. The maximum Gasteiger partial charge on any atom is 0.254 e. The molecule has 1 aromatic rings. The second-order valence-electron chi connectivity index (χ2n) is 4.93. The van der Waals surface area contributed by atoms with Gasteiger partial charge >= 0.3 is 0 Å². The molecule has 84 valence electrons. The molecule has 1 atom stereocenters. The Morgan fingerprint density at radius 1 is 1.25 bits per heavy atom. The molecule has 3 rings (SSSR count). The Labute approximate surface area is 95.7 Å². The van der Waals surface area contributed by atoms with Crippen LogP contribution in [-0.4, -0.2) is 42.9 Å². The van der Waals surface area contributed by atoms with E-state index in [9.17, 15) is 4.79 Å². The van der Waals surface area contributed by atoms with Gasteiger partial charge in [0.1, 0.15) is 0 Å². The van der Waals surface area contributed by atoms with E-state index in [1.165, 1.54) is 5.56 Å². The van der Waals surface area contributed by atoms with Crippen LogP contribution in [0, 0.1) is 0 Å². The maximum absolute atomic E-state index is 12.2. The monoisotopic (exact) mass is 216 g/mol. The summed E-state index contributed by atoms with van der Waals surface area (Å²) in [6, 6.07) is 8.03. The highest BCUT2D eigenvalue weighted by Gasteiger charge is 2.50. The molecule has 3 nitrogen and oxygen atoms in total. The molecule has 2 heterocycles. The van der Waals surface area contributed by atoms with Gasteiger partial charge in [0.05, 0.1) is 5.54 Å². The van der Waals surface area contributed by atoms with Crippen molar-refractivity contribution in [2.45, 2.75) is 12.0 Å². The van der Waals surface area contributed by atoms with Crippen molar-refractivity contribution in [3.05, 3.63) is 35.4 Å². The van der Waals surface area contributed by atoms with Crippen LogP contribution in [0.4, 0.5) is 0 Å². The lowest BCUT2D eigenvalue weighted by Crippen LogP contribution is -2.42. The molecule has 1 spiro atoms. The normalized spacial score (nSPS) is 29.1. The number of hydrogen-bond donors (Lipinski definition) is 0. The Bertz CT molecular complexity index is 457. The first kappa shape index (κ1) is 9.85. The zero-order valence-corrected chi connectivity index (χ0v) is 9.73. The SMILES string of the molecule is CN1CCC2(C1)c1ccccc1C(=O)N2C. The topological polar surface area (TPSA) is 23.6 Å². The molecule has 1 saturated heterocycles. The fourth-order valence-electron chi connectivity index (χ4n) is 3.11. The van der Waals surface area contributed by atoms with E-state index in [-0.39, 0.29) is 11.4 Å². The van der Waals surface area contributed by atoms with Crippen molar-refractivity contribution in [3.63, 3.8) is 0 Å². The summed E-state index contributed by atoms with van der Waals surface area (Å²) in [5.74, 6) is 0.172. The minimum atomic E-state index is -0.0670. The number of rotatable bonds is 0. The summed E-state index contributed by atoms with van der Waals surface area (Å²) in [4.78, 5) is 16.4. The lowest BCUT2D eigenvalue weighted by molar-refractivity contribution is 0.0648. The third-order valence-electron chi connectivity index (χ3n) is 4.04. The van der Waals surface area contributed by atoms with Crippen LogP contribution < -0.4 is 0 Å². The average Bonchev–Trinajstić information content (AvgIpc) is 2.78. The standard InChI is InChI=1S/C13H16N2O/c1-14-8-7-13(9-14)11-6-4-3-5-10(11)12(16)15(13)2/h3-6H,7-9H2,1-2H3. The third-order valence-corrected chi connectivity index (χ3v) is 4.04. The number of fused-ring (bicyclic) bond motifs is 2. The molecule has 1 amide bonds. The van der Waals surface area contributed by atoms with Gasteiger partial charge in [-0.2, -0.15) is 0 Å². The van der Waals surface area contributed by atoms with Crippen molar-refractivity contribution in [2.24, 2.45) is 0 Å². The quantitative estimate of drug-likeness (QED) is 0.652. The molecule has 0 N–H and O–H groups in total. The van der Waals surface area contributed by atoms with Crippen LogP contribution in [0.1, 0.15) is 22.3 Å². The second-order valence-corrected chi connectivity index (χ2v) is 4.93. The zero-order valence-electron chi connectivity index (χ0n) is 9.73. The van der Waals surface area contributed by atoms with Crippen LogP contribution in [-0.2, 0) is 5.54 Å². The number of hydrogen-bond acceptors (Lipinski definition) is 2. The van der Waals surface area contributed by atoms with Gasteiger partial charge in [0.25, 0.3) is 5.91 Å². The van der Waals surface area contributed by atoms with Crippen molar-refractivity contribution in [1.29, 1.82) is 0 Å². The summed E-state index contributed by atoms with van der Waals surface area (Å²) in [5.41, 5.74) is 2.04. The Morgan fingerprint density at radius 3 is 2.69 bits per heavy atom. The summed E-state index contributed by atoms with van der Waals surface area (Å²) < 4.78 is 0. The van der Waals surface area contributed by atoms with E-state index in [2.05, 4.69) is 18.0 Å². The first-order chi connectivity index (χ1) is 7.65. The molecule has 1 fully saturated rings.